The molecule has 0 atom stereocenters. The summed E-state index contributed by atoms with van der Waals surface area (Å²) < 4.78 is 4.95. The predicted molar refractivity (Wildman–Crippen MR) is 50.5 cm³/mol. The van der Waals surface area contributed by atoms with Gasteiger partial charge in [0.05, 0.1) is 12.8 Å². The minimum atomic E-state index is 0.442. The van der Waals surface area contributed by atoms with Crippen molar-refractivity contribution in [2.24, 2.45) is 0 Å². The number of ether oxygens (including phenoxy) is 1. The molecule has 0 saturated carbocycles. The highest BCUT2D eigenvalue weighted by atomic mass is 35.5. The molecule has 2 nitrogen and oxygen atoms in total. The van der Waals surface area contributed by atoms with Gasteiger partial charge in [-0.2, -0.15) is 0 Å². The van der Waals surface area contributed by atoms with E-state index in [1.807, 2.05) is 13.0 Å². The van der Waals surface area contributed by atoms with Crippen LogP contribution < -0.4 is 4.74 Å². The van der Waals surface area contributed by atoms with Gasteiger partial charge >= 0.3 is 0 Å². The Balaban J connectivity index is 3.13. The number of hydrogen-bond acceptors (Lipinski definition) is 2. The maximum atomic E-state index is 5.78. The van der Waals surface area contributed by atoms with Crippen LogP contribution in [0.2, 0.25) is 5.02 Å². The topological polar surface area (TPSA) is 22.1 Å². The lowest BCUT2D eigenvalue weighted by Gasteiger charge is -2.03. The molecular formula is C9H10ClNO. The number of aromatic nitrogens is 1. The summed E-state index contributed by atoms with van der Waals surface area (Å²) in [7, 11) is 1.54. The Hall–Kier alpha value is -1.02. The Morgan fingerprint density at radius 3 is 2.75 bits per heavy atom. The molecule has 0 amide bonds. The molecule has 64 valence electrons. The Morgan fingerprint density at radius 1 is 1.58 bits per heavy atom. The van der Waals surface area contributed by atoms with Crippen molar-refractivity contribution in [3.05, 3.63) is 29.4 Å². The fourth-order valence-electron chi connectivity index (χ4n) is 0.804. The van der Waals surface area contributed by atoms with Gasteiger partial charge in [0.2, 0.25) is 5.88 Å². The van der Waals surface area contributed by atoms with Gasteiger partial charge in [-0.15, -0.1) is 0 Å². The van der Waals surface area contributed by atoms with E-state index in [0.29, 0.717) is 10.9 Å². The molecule has 3 heteroatoms. The van der Waals surface area contributed by atoms with Crippen LogP contribution in [0.25, 0.3) is 5.57 Å². The third-order valence-corrected chi connectivity index (χ3v) is 1.73. The number of methoxy groups -OCH3 is 1. The summed E-state index contributed by atoms with van der Waals surface area (Å²) in [5.74, 6) is 0.442. The molecule has 0 saturated heterocycles. The predicted octanol–water partition coefficient (Wildman–Crippen LogP) is 2.78. The van der Waals surface area contributed by atoms with Crippen LogP contribution in [-0.4, -0.2) is 12.1 Å². The van der Waals surface area contributed by atoms with Crippen LogP contribution in [-0.2, 0) is 0 Å². The van der Waals surface area contributed by atoms with Gasteiger partial charge in [0.15, 0.2) is 0 Å². The Bertz CT molecular complexity index is 309. The van der Waals surface area contributed by atoms with Crippen LogP contribution >= 0.6 is 11.6 Å². The number of hydrogen-bond donors (Lipinski definition) is 0. The molecule has 1 aromatic heterocycles. The number of halogens is 1. The largest absolute Gasteiger partial charge is 0.480 e. The van der Waals surface area contributed by atoms with Crippen molar-refractivity contribution in [1.29, 1.82) is 0 Å². The van der Waals surface area contributed by atoms with E-state index >= 15 is 0 Å². The zero-order valence-corrected chi connectivity index (χ0v) is 7.85. The van der Waals surface area contributed by atoms with Crippen LogP contribution in [0.5, 0.6) is 5.88 Å². The van der Waals surface area contributed by atoms with Gasteiger partial charge in [-0.1, -0.05) is 18.2 Å². The summed E-state index contributed by atoms with van der Waals surface area (Å²) in [5, 5.41) is 0.516. The summed E-state index contributed by atoms with van der Waals surface area (Å²) in [5.41, 5.74) is 1.70. The molecule has 0 radical (unpaired) electrons. The first-order chi connectivity index (χ1) is 5.65. The minimum Gasteiger partial charge on any atom is -0.480 e. The zero-order chi connectivity index (χ0) is 9.14. The van der Waals surface area contributed by atoms with E-state index in [1.165, 1.54) is 7.11 Å². The second-order valence-electron chi connectivity index (χ2n) is 2.47. The van der Waals surface area contributed by atoms with E-state index in [9.17, 15) is 0 Å². The van der Waals surface area contributed by atoms with Gasteiger partial charge in [-0.05, 0) is 24.6 Å². The molecule has 0 aliphatic carbocycles. The standard InChI is InChI=1S/C9H10ClNO/c1-6(2)8-5-4-7(10)9(11-8)12-3/h4-5H,1H2,2-3H3. The molecule has 12 heavy (non-hydrogen) atoms. The molecular weight excluding hydrogens is 174 g/mol. The minimum absolute atomic E-state index is 0.442. The Kier molecular flexibility index (Phi) is 2.71. The van der Waals surface area contributed by atoms with Crippen molar-refractivity contribution in [2.75, 3.05) is 7.11 Å². The van der Waals surface area contributed by atoms with Crippen LogP contribution in [0.3, 0.4) is 0 Å². The average Bonchev–Trinajstić information content (AvgIpc) is 2.05. The van der Waals surface area contributed by atoms with Crippen LogP contribution in [0.15, 0.2) is 18.7 Å². The third kappa shape index (κ3) is 1.77. The number of allylic oxidation sites excluding steroid dienone is 1. The number of rotatable bonds is 2. The summed E-state index contributed by atoms with van der Waals surface area (Å²) in [6, 6.07) is 3.56. The lowest BCUT2D eigenvalue weighted by molar-refractivity contribution is 0.398. The first kappa shape index (κ1) is 9.07. The summed E-state index contributed by atoms with van der Waals surface area (Å²) in [6.45, 7) is 5.65. The summed E-state index contributed by atoms with van der Waals surface area (Å²) in [6.07, 6.45) is 0. The monoisotopic (exact) mass is 183 g/mol. The molecule has 1 heterocycles. The first-order valence-corrected chi connectivity index (χ1v) is 3.89. The van der Waals surface area contributed by atoms with Crippen molar-refractivity contribution in [3.8, 4) is 5.88 Å². The van der Waals surface area contributed by atoms with E-state index in [2.05, 4.69) is 11.6 Å². The SMILES string of the molecule is C=C(C)c1ccc(Cl)c(OC)n1. The van der Waals surface area contributed by atoms with E-state index in [4.69, 9.17) is 16.3 Å². The molecule has 0 unspecified atom stereocenters. The van der Waals surface area contributed by atoms with Crippen molar-refractivity contribution in [3.63, 3.8) is 0 Å². The third-order valence-electron chi connectivity index (χ3n) is 1.44. The molecule has 1 aromatic rings. The normalized spacial score (nSPS) is 9.58. The molecule has 0 aromatic carbocycles. The average molecular weight is 184 g/mol. The van der Waals surface area contributed by atoms with Crippen LogP contribution in [0.1, 0.15) is 12.6 Å². The van der Waals surface area contributed by atoms with Gasteiger partial charge in [-0.25, -0.2) is 4.98 Å². The lowest BCUT2D eigenvalue weighted by Crippen LogP contribution is -1.91. The summed E-state index contributed by atoms with van der Waals surface area (Å²) >= 11 is 5.78. The highest BCUT2D eigenvalue weighted by Gasteiger charge is 2.03. The lowest BCUT2D eigenvalue weighted by atomic mass is 10.2. The van der Waals surface area contributed by atoms with Crippen molar-refractivity contribution < 1.29 is 4.74 Å². The molecule has 0 aliphatic rings. The maximum Gasteiger partial charge on any atom is 0.232 e. The molecule has 0 spiro atoms. The number of nitrogens with zero attached hydrogens (tertiary/aromatic N) is 1. The molecule has 0 bridgehead atoms. The molecule has 1 rings (SSSR count). The fourth-order valence-corrected chi connectivity index (χ4v) is 0.987. The highest BCUT2D eigenvalue weighted by Crippen LogP contribution is 2.23. The Morgan fingerprint density at radius 2 is 2.25 bits per heavy atom. The second kappa shape index (κ2) is 3.59. The van der Waals surface area contributed by atoms with Crippen molar-refractivity contribution in [2.45, 2.75) is 6.92 Å². The first-order valence-electron chi connectivity index (χ1n) is 3.51. The van der Waals surface area contributed by atoms with Gasteiger partial charge in [0.25, 0.3) is 0 Å². The van der Waals surface area contributed by atoms with E-state index in [1.54, 1.807) is 6.07 Å². The molecule has 0 fully saturated rings. The maximum absolute atomic E-state index is 5.78. The number of pyridine rings is 1. The Labute approximate surface area is 76.8 Å². The highest BCUT2D eigenvalue weighted by molar-refractivity contribution is 6.31. The van der Waals surface area contributed by atoms with E-state index in [0.717, 1.165) is 11.3 Å². The van der Waals surface area contributed by atoms with Gasteiger partial charge in [0, 0.05) is 0 Å². The van der Waals surface area contributed by atoms with E-state index < -0.39 is 0 Å². The van der Waals surface area contributed by atoms with Crippen molar-refractivity contribution >= 4 is 17.2 Å². The van der Waals surface area contributed by atoms with Gasteiger partial charge in [-0.3, -0.25) is 0 Å². The quantitative estimate of drug-likeness (QED) is 0.704. The fraction of sp³-hybridized carbons (Fsp3) is 0.222. The van der Waals surface area contributed by atoms with Gasteiger partial charge in [0.1, 0.15) is 5.02 Å². The van der Waals surface area contributed by atoms with Gasteiger partial charge < -0.3 is 4.74 Å². The van der Waals surface area contributed by atoms with Crippen LogP contribution in [0.4, 0.5) is 0 Å². The van der Waals surface area contributed by atoms with Crippen LogP contribution in [0, 0.1) is 0 Å². The van der Waals surface area contributed by atoms with E-state index in [-0.39, 0.29) is 0 Å². The zero-order valence-electron chi connectivity index (χ0n) is 7.10. The van der Waals surface area contributed by atoms with Crippen molar-refractivity contribution in [1.82, 2.24) is 4.98 Å². The smallest absolute Gasteiger partial charge is 0.232 e. The summed E-state index contributed by atoms with van der Waals surface area (Å²) in [4.78, 5) is 4.14. The molecule has 0 N–H and O–H groups in total. The molecule has 0 aliphatic heterocycles. The second-order valence-corrected chi connectivity index (χ2v) is 2.88.